The van der Waals surface area contributed by atoms with E-state index < -0.39 is 0 Å². The first kappa shape index (κ1) is 12.4. The highest BCUT2D eigenvalue weighted by Crippen LogP contribution is 2.26. The average molecular weight is 276 g/mol. The van der Waals surface area contributed by atoms with Crippen LogP contribution in [0.2, 0.25) is 0 Å². The summed E-state index contributed by atoms with van der Waals surface area (Å²) >= 11 is 1.89. The molecule has 0 radical (unpaired) electrons. The Hall–Kier alpha value is -1.62. The number of amides is 1. The minimum atomic E-state index is -0.0535. The zero-order valence-corrected chi connectivity index (χ0v) is 11.6. The number of furan rings is 1. The number of fused-ring (bicyclic) bond motifs is 1. The molecule has 1 atom stereocenters. The minimum absolute atomic E-state index is 0.0535. The molecule has 2 N–H and O–H groups in total. The second-order valence-electron chi connectivity index (χ2n) is 4.84. The number of carbonyl (C=O) groups is 1. The van der Waals surface area contributed by atoms with E-state index >= 15 is 0 Å². The molecule has 0 spiro atoms. The lowest BCUT2D eigenvalue weighted by Gasteiger charge is -2.22. The minimum Gasteiger partial charge on any atom is -0.451 e. The van der Waals surface area contributed by atoms with Crippen molar-refractivity contribution in [3.63, 3.8) is 0 Å². The standard InChI is InChI=1S/C14H16N2O2S/c1-16(11-4-5-19-8-11)14(17)13-7-9-6-10(15)2-3-12(9)18-13/h2-3,6-7,11H,4-5,8,15H2,1H3. The van der Waals surface area contributed by atoms with Gasteiger partial charge in [-0.25, -0.2) is 0 Å². The van der Waals surface area contributed by atoms with Crippen molar-refractivity contribution >= 4 is 34.3 Å². The number of thioether (sulfide) groups is 1. The maximum absolute atomic E-state index is 12.4. The lowest BCUT2D eigenvalue weighted by Crippen LogP contribution is -2.36. The Labute approximate surface area is 115 Å². The van der Waals surface area contributed by atoms with E-state index in [2.05, 4.69) is 0 Å². The zero-order chi connectivity index (χ0) is 13.4. The van der Waals surface area contributed by atoms with Gasteiger partial charge in [-0.05, 0) is 36.4 Å². The first-order valence-electron chi connectivity index (χ1n) is 6.29. The summed E-state index contributed by atoms with van der Waals surface area (Å²) in [5, 5.41) is 0.873. The number of anilines is 1. The average Bonchev–Trinajstić information content (AvgIpc) is 3.05. The molecule has 1 aliphatic heterocycles. The van der Waals surface area contributed by atoms with Crippen LogP contribution < -0.4 is 5.73 Å². The highest BCUT2D eigenvalue weighted by molar-refractivity contribution is 7.99. The molecule has 1 amide bonds. The first-order valence-corrected chi connectivity index (χ1v) is 7.44. The topological polar surface area (TPSA) is 59.5 Å². The lowest BCUT2D eigenvalue weighted by molar-refractivity contribution is 0.0718. The van der Waals surface area contributed by atoms with Crippen LogP contribution in [-0.4, -0.2) is 35.4 Å². The summed E-state index contributed by atoms with van der Waals surface area (Å²) in [5.74, 6) is 2.47. The number of nitrogen functional groups attached to an aromatic ring is 1. The number of hydrogen-bond donors (Lipinski definition) is 1. The van der Waals surface area contributed by atoms with Crippen LogP contribution >= 0.6 is 11.8 Å². The number of carbonyl (C=O) groups excluding carboxylic acids is 1. The van der Waals surface area contributed by atoms with Crippen LogP contribution in [0.25, 0.3) is 11.0 Å². The SMILES string of the molecule is CN(C(=O)c1cc2cc(N)ccc2o1)C1CCSC1. The van der Waals surface area contributed by atoms with E-state index in [4.69, 9.17) is 10.2 Å². The first-order chi connectivity index (χ1) is 9.15. The summed E-state index contributed by atoms with van der Waals surface area (Å²) in [6.07, 6.45) is 1.06. The van der Waals surface area contributed by atoms with Crippen LogP contribution in [0.1, 0.15) is 17.0 Å². The maximum atomic E-state index is 12.4. The number of hydrogen-bond acceptors (Lipinski definition) is 4. The van der Waals surface area contributed by atoms with E-state index in [0.717, 1.165) is 23.3 Å². The van der Waals surface area contributed by atoms with Crippen molar-refractivity contribution in [1.29, 1.82) is 0 Å². The van der Waals surface area contributed by atoms with Crippen molar-refractivity contribution in [1.82, 2.24) is 4.90 Å². The Morgan fingerprint density at radius 3 is 3.05 bits per heavy atom. The van der Waals surface area contributed by atoms with Gasteiger partial charge in [-0.3, -0.25) is 4.79 Å². The van der Waals surface area contributed by atoms with Gasteiger partial charge in [0.05, 0.1) is 0 Å². The van der Waals surface area contributed by atoms with Gasteiger partial charge in [0, 0.05) is 29.9 Å². The third-order valence-electron chi connectivity index (χ3n) is 3.52. The molecule has 1 saturated heterocycles. The molecule has 2 aromatic rings. The number of rotatable bonds is 2. The molecule has 3 rings (SSSR count). The molecule has 0 aliphatic carbocycles. The Morgan fingerprint density at radius 2 is 2.32 bits per heavy atom. The van der Waals surface area contributed by atoms with E-state index in [1.165, 1.54) is 0 Å². The van der Waals surface area contributed by atoms with Gasteiger partial charge >= 0.3 is 0 Å². The van der Waals surface area contributed by atoms with Crippen LogP contribution in [0.4, 0.5) is 5.69 Å². The molecular formula is C14H16N2O2S. The fourth-order valence-corrected chi connectivity index (χ4v) is 3.60. The van der Waals surface area contributed by atoms with E-state index in [9.17, 15) is 4.79 Å². The zero-order valence-electron chi connectivity index (χ0n) is 10.8. The second-order valence-corrected chi connectivity index (χ2v) is 5.99. The fraction of sp³-hybridized carbons (Fsp3) is 0.357. The van der Waals surface area contributed by atoms with Gasteiger partial charge in [0.1, 0.15) is 5.58 Å². The van der Waals surface area contributed by atoms with Gasteiger partial charge in [-0.2, -0.15) is 11.8 Å². The molecule has 1 aromatic heterocycles. The predicted molar refractivity (Wildman–Crippen MR) is 78.4 cm³/mol. The van der Waals surface area contributed by atoms with Crippen LogP contribution in [0, 0.1) is 0 Å². The number of benzene rings is 1. The molecule has 1 aromatic carbocycles. The quantitative estimate of drug-likeness (QED) is 0.856. The van der Waals surface area contributed by atoms with Gasteiger partial charge < -0.3 is 15.1 Å². The van der Waals surface area contributed by atoms with Gasteiger partial charge in [0.15, 0.2) is 5.76 Å². The summed E-state index contributed by atoms with van der Waals surface area (Å²) in [4.78, 5) is 14.2. The van der Waals surface area contributed by atoms with E-state index in [1.807, 2.05) is 24.9 Å². The third-order valence-corrected chi connectivity index (χ3v) is 4.67. The van der Waals surface area contributed by atoms with Gasteiger partial charge in [0.2, 0.25) is 0 Å². The highest BCUT2D eigenvalue weighted by atomic mass is 32.2. The molecule has 2 heterocycles. The smallest absolute Gasteiger partial charge is 0.289 e. The van der Waals surface area contributed by atoms with Crippen molar-refractivity contribution < 1.29 is 9.21 Å². The van der Waals surface area contributed by atoms with Crippen molar-refractivity contribution in [3.8, 4) is 0 Å². The predicted octanol–water partition coefficient (Wildman–Crippen LogP) is 2.59. The van der Waals surface area contributed by atoms with Crippen molar-refractivity contribution in [3.05, 3.63) is 30.0 Å². The summed E-state index contributed by atoms with van der Waals surface area (Å²) in [7, 11) is 1.85. The third kappa shape index (κ3) is 2.30. The van der Waals surface area contributed by atoms with Gasteiger partial charge in [-0.15, -0.1) is 0 Å². The lowest BCUT2D eigenvalue weighted by atomic mass is 10.2. The molecule has 4 nitrogen and oxygen atoms in total. The molecule has 5 heteroatoms. The molecule has 0 saturated carbocycles. The van der Waals surface area contributed by atoms with Crippen molar-refractivity contribution in [2.24, 2.45) is 0 Å². The summed E-state index contributed by atoms with van der Waals surface area (Å²) in [6.45, 7) is 0. The molecule has 1 aliphatic rings. The molecule has 1 fully saturated rings. The van der Waals surface area contributed by atoms with E-state index in [1.54, 1.807) is 23.1 Å². The Bertz CT molecular complexity index is 617. The molecule has 100 valence electrons. The van der Waals surface area contributed by atoms with E-state index in [-0.39, 0.29) is 5.91 Å². The van der Waals surface area contributed by atoms with Crippen LogP contribution in [0.15, 0.2) is 28.7 Å². The summed E-state index contributed by atoms with van der Waals surface area (Å²) < 4.78 is 5.61. The maximum Gasteiger partial charge on any atom is 0.289 e. The largest absolute Gasteiger partial charge is 0.451 e. The highest BCUT2D eigenvalue weighted by Gasteiger charge is 2.26. The van der Waals surface area contributed by atoms with Gasteiger partial charge in [0.25, 0.3) is 5.91 Å². The Balaban J connectivity index is 1.88. The van der Waals surface area contributed by atoms with Crippen LogP contribution in [0.3, 0.4) is 0 Å². The monoisotopic (exact) mass is 276 g/mol. The number of nitrogens with zero attached hydrogens (tertiary/aromatic N) is 1. The second kappa shape index (κ2) is 4.81. The Morgan fingerprint density at radius 1 is 1.47 bits per heavy atom. The molecule has 0 bridgehead atoms. The molecular weight excluding hydrogens is 260 g/mol. The molecule has 19 heavy (non-hydrogen) atoms. The fourth-order valence-electron chi connectivity index (χ4n) is 2.33. The van der Waals surface area contributed by atoms with Crippen LogP contribution in [0.5, 0.6) is 0 Å². The van der Waals surface area contributed by atoms with Crippen LogP contribution in [-0.2, 0) is 0 Å². The van der Waals surface area contributed by atoms with E-state index in [0.29, 0.717) is 23.1 Å². The van der Waals surface area contributed by atoms with Gasteiger partial charge in [-0.1, -0.05) is 0 Å². The summed E-state index contributed by atoms with van der Waals surface area (Å²) in [5.41, 5.74) is 7.10. The summed E-state index contributed by atoms with van der Waals surface area (Å²) in [6, 6.07) is 7.48. The number of nitrogens with two attached hydrogens (primary N) is 1. The Kier molecular flexibility index (Phi) is 3.14. The van der Waals surface area contributed by atoms with Crippen molar-refractivity contribution in [2.45, 2.75) is 12.5 Å². The normalized spacial score (nSPS) is 18.9. The van der Waals surface area contributed by atoms with Crippen molar-refractivity contribution in [2.75, 3.05) is 24.3 Å². The molecule has 1 unspecified atom stereocenters.